The number of pyridine rings is 1. The summed E-state index contributed by atoms with van der Waals surface area (Å²) in [7, 11) is 2.03. The first-order valence-corrected chi connectivity index (χ1v) is 8.61. The normalized spacial score (nSPS) is 17.3. The lowest BCUT2D eigenvalue weighted by Crippen LogP contribution is -2.24. The van der Waals surface area contributed by atoms with Crippen molar-refractivity contribution in [2.24, 2.45) is 0 Å². The largest absolute Gasteiger partial charge is 0.347 e. The molecular formula is C19H20N2OS. The van der Waals surface area contributed by atoms with Crippen LogP contribution in [0, 0.1) is 0 Å². The van der Waals surface area contributed by atoms with E-state index in [1.54, 1.807) is 12.3 Å². The molecule has 0 fully saturated rings. The third kappa shape index (κ3) is 3.04. The number of fused-ring (bicyclic) bond motifs is 1. The summed E-state index contributed by atoms with van der Waals surface area (Å²) in [5.74, 6) is 0.518. The molecule has 2 heterocycles. The number of likely N-dealkylation sites (N-methyl/N-ethyl adjacent to an activating group) is 1. The van der Waals surface area contributed by atoms with E-state index in [9.17, 15) is 4.79 Å². The van der Waals surface area contributed by atoms with Crippen LogP contribution in [0.25, 0.3) is 0 Å². The Kier molecular flexibility index (Phi) is 4.26. The molecule has 0 spiro atoms. The Hall–Kier alpha value is -2.07. The van der Waals surface area contributed by atoms with Gasteiger partial charge in [-0.15, -0.1) is 0 Å². The molecule has 0 unspecified atom stereocenters. The van der Waals surface area contributed by atoms with Gasteiger partial charge in [0.05, 0.1) is 10.8 Å². The molecule has 0 bridgehead atoms. The summed E-state index contributed by atoms with van der Waals surface area (Å²) in [6, 6.07) is 14.1. The van der Waals surface area contributed by atoms with Crippen LogP contribution in [0.1, 0.15) is 19.4 Å². The number of thioether (sulfide) groups is 1. The van der Waals surface area contributed by atoms with E-state index in [1.807, 2.05) is 31.3 Å². The van der Waals surface area contributed by atoms with Crippen molar-refractivity contribution in [2.45, 2.75) is 24.3 Å². The Labute approximate surface area is 141 Å². The summed E-state index contributed by atoms with van der Waals surface area (Å²) in [6.45, 7) is 4.33. The Bertz CT molecular complexity index is 753. The number of rotatable bonds is 4. The minimum absolute atomic E-state index is 0.114. The van der Waals surface area contributed by atoms with Gasteiger partial charge in [-0.3, -0.25) is 4.79 Å². The molecule has 118 valence electrons. The zero-order chi connectivity index (χ0) is 16.4. The van der Waals surface area contributed by atoms with E-state index < -0.39 is 0 Å². The molecule has 0 amide bonds. The van der Waals surface area contributed by atoms with Gasteiger partial charge in [0, 0.05) is 36.1 Å². The first kappa shape index (κ1) is 15.8. The van der Waals surface area contributed by atoms with E-state index >= 15 is 0 Å². The lowest BCUT2D eigenvalue weighted by Gasteiger charge is -2.23. The van der Waals surface area contributed by atoms with Gasteiger partial charge in [0.15, 0.2) is 5.78 Å². The Morgan fingerprint density at radius 1 is 1.22 bits per heavy atom. The monoisotopic (exact) mass is 324 g/mol. The topological polar surface area (TPSA) is 33.2 Å². The molecule has 0 N–H and O–H groups in total. The molecule has 23 heavy (non-hydrogen) atoms. The molecule has 3 rings (SSSR count). The highest BCUT2D eigenvalue weighted by Gasteiger charge is 2.38. The third-order valence-electron chi connectivity index (χ3n) is 4.24. The van der Waals surface area contributed by atoms with Gasteiger partial charge < -0.3 is 4.90 Å². The summed E-state index contributed by atoms with van der Waals surface area (Å²) in [6.07, 6.45) is 3.53. The summed E-state index contributed by atoms with van der Waals surface area (Å²) < 4.78 is 0. The van der Waals surface area contributed by atoms with Crippen LogP contribution in [0.2, 0.25) is 0 Å². The zero-order valence-corrected chi connectivity index (χ0v) is 14.4. The van der Waals surface area contributed by atoms with Crippen molar-refractivity contribution in [3.05, 3.63) is 66.0 Å². The van der Waals surface area contributed by atoms with Crippen LogP contribution >= 0.6 is 11.8 Å². The van der Waals surface area contributed by atoms with E-state index in [1.165, 1.54) is 23.0 Å². The molecule has 0 atom stereocenters. The third-order valence-corrected chi connectivity index (χ3v) is 5.20. The number of nitrogens with zero attached hydrogens (tertiary/aromatic N) is 2. The SMILES string of the molecule is CN1/C(=C/C(=O)CSc2ccccn2)C(C)(C)c2ccccc21. The second-order valence-corrected chi connectivity index (χ2v) is 7.15. The Morgan fingerprint density at radius 2 is 1.96 bits per heavy atom. The lowest BCUT2D eigenvalue weighted by atomic mass is 9.83. The van der Waals surface area contributed by atoms with Crippen molar-refractivity contribution >= 4 is 23.2 Å². The summed E-state index contributed by atoms with van der Waals surface area (Å²) in [5, 5.41) is 0.876. The van der Waals surface area contributed by atoms with Crippen LogP contribution in [0.4, 0.5) is 5.69 Å². The lowest BCUT2D eigenvalue weighted by molar-refractivity contribution is -0.112. The Balaban J connectivity index is 1.78. The number of hydrogen-bond donors (Lipinski definition) is 0. The number of hydrogen-bond acceptors (Lipinski definition) is 4. The highest BCUT2D eigenvalue weighted by Crippen LogP contribution is 2.46. The first-order chi connectivity index (χ1) is 11.0. The highest BCUT2D eigenvalue weighted by molar-refractivity contribution is 7.99. The molecule has 0 radical (unpaired) electrons. The van der Waals surface area contributed by atoms with E-state index in [-0.39, 0.29) is 11.2 Å². The van der Waals surface area contributed by atoms with Crippen molar-refractivity contribution in [2.75, 3.05) is 17.7 Å². The number of allylic oxidation sites excluding steroid dienone is 2. The number of anilines is 1. The number of ketones is 1. The first-order valence-electron chi connectivity index (χ1n) is 7.62. The van der Waals surface area contributed by atoms with E-state index in [4.69, 9.17) is 0 Å². The van der Waals surface area contributed by atoms with Gasteiger partial charge in [-0.25, -0.2) is 4.98 Å². The number of aromatic nitrogens is 1. The molecule has 1 aliphatic rings. The maximum absolute atomic E-state index is 12.4. The van der Waals surface area contributed by atoms with Gasteiger partial charge in [-0.1, -0.05) is 49.9 Å². The van der Waals surface area contributed by atoms with Gasteiger partial charge in [-0.05, 0) is 23.8 Å². The van der Waals surface area contributed by atoms with Crippen LogP contribution in [-0.2, 0) is 10.2 Å². The second-order valence-electron chi connectivity index (χ2n) is 6.15. The molecular weight excluding hydrogens is 304 g/mol. The van der Waals surface area contributed by atoms with Crippen LogP contribution in [-0.4, -0.2) is 23.6 Å². The number of carbonyl (C=O) groups is 1. The molecule has 2 aromatic rings. The fraction of sp³-hybridized carbons (Fsp3) is 0.263. The van der Waals surface area contributed by atoms with E-state index in [0.29, 0.717) is 5.75 Å². The van der Waals surface area contributed by atoms with Crippen LogP contribution < -0.4 is 4.90 Å². The summed E-state index contributed by atoms with van der Waals surface area (Å²) in [5.41, 5.74) is 3.33. The summed E-state index contributed by atoms with van der Waals surface area (Å²) in [4.78, 5) is 18.8. The summed E-state index contributed by atoms with van der Waals surface area (Å²) >= 11 is 1.47. The number of para-hydroxylation sites is 1. The van der Waals surface area contributed by atoms with Gasteiger partial charge >= 0.3 is 0 Å². The Morgan fingerprint density at radius 3 is 2.65 bits per heavy atom. The van der Waals surface area contributed by atoms with Crippen LogP contribution in [0.5, 0.6) is 0 Å². The van der Waals surface area contributed by atoms with Crippen molar-refractivity contribution < 1.29 is 4.79 Å². The van der Waals surface area contributed by atoms with Crippen LogP contribution in [0.15, 0.2) is 65.5 Å². The molecule has 0 saturated heterocycles. The molecule has 0 saturated carbocycles. The fourth-order valence-electron chi connectivity index (χ4n) is 3.03. The van der Waals surface area contributed by atoms with Gasteiger partial charge in [0.2, 0.25) is 0 Å². The predicted octanol–water partition coefficient (Wildman–Crippen LogP) is 4.05. The van der Waals surface area contributed by atoms with Crippen molar-refractivity contribution in [1.82, 2.24) is 4.98 Å². The minimum Gasteiger partial charge on any atom is -0.347 e. The minimum atomic E-state index is -0.156. The van der Waals surface area contributed by atoms with Gasteiger partial charge in [-0.2, -0.15) is 0 Å². The molecule has 1 aromatic heterocycles. The van der Waals surface area contributed by atoms with Crippen molar-refractivity contribution in [3.8, 4) is 0 Å². The van der Waals surface area contributed by atoms with Crippen molar-refractivity contribution in [1.29, 1.82) is 0 Å². The molecule has 1 aromatic carbocycles. The molecule has 4 heteroatoms. The predicted molar refractivity (Wildman–Crippen MR) is 95.9 cm³/mol. The quantitative estimate of drug-likeness (QED) is 0.627. The fourth-order valence-corrected chi connectivity index (χ4v) is 3.71. The molecule has 0 aliphatic carbocycles. The molecule has 3 nitrogen and oxygen atoms in total. The van der Waals surface area contributed by atoms with Gasteiger partial charge in [0.1, 0.15) is 0 Å². The van der Waals surface area contributed by atoms with Crippen molar-refractivity contribution in [3.63, 3.8) is 0 Å². The van der Waals surface area contributed by atoms with Crippen LogP contribution in [0.3, 0.4) is 0 Å². The second kappa shape index (κ2) is 6.20. The number of benzene rings is 1. The molecule has 1 aliphatic heterocycles. The van der Waals surface area contributed by atoms with Gasteiger partial charge in [0.25, 0.3) is 0 Å². The smallest absolute Gasteiger partial charge is 0.167 e. The van der Waals surface area contributed by atoms with E-state index in [0.717, 1.165) is 10.7 Å². The number of carbonyl (C=O) groups excluding carboxylic acids is 1. The van der Waals surface area contributed by atoms with E-state index in [2.05, 4.69) is 41.9 Å². The zero-order valence-electron chi connectivity index (χ0n) is 13.6. The maximum atomic E-state index is 12.4. The highest BCUT2D eigenvalue weighted by atomic mass is 32.2. The standard InChI is InChI=1S/C19H20N2OS/c1-19(2)15-8-4-5-9-16(15)21(3)17(19)12-14(22)13-23-18-10-6-7-11-20-18/h4-12H,13H2,1-3H3/b17-12+. The maximum Gasteiger partial charge on any atom is 0.167 e. The average molecular weight is 324 g/mol. The average Bonchev–Trinajstić information content (AvgIpc) is 2.75.